The Labute approximate surface area is 137 Å². The summed E-state index contributed by atoms with van der Waals surface area (Å²) >= 11 is 0. The number of nitrogens with two attached hydrogens (primary N) is 1. The fourth-order valence-corrected chi connectivity index (χ4v) is 2.93. The summed E-state index contributed by atoms with van der Waals surface area (Å²) in [5.74, 6) is 1.08. The zero-order valence-electron chi connectivity index (χ0n) is 13.8. The second kappa shape index (κ2) is 6.86. The maximum atomic E-state index is 6.22. The second-order valence-corrected chi connectivity index (χ2v) is 6.19. The predicted molar refractivity (Wildman–Crippen MR) is 93.1 cm³/mol. The molecule has 3 rings (SSSR count). The Morgan fingerprint density at radius 1 is 1.13 bits per heavy atom. The average Bonchev–Trinajstić information content (AvgIpc) is 2.56. The van der Waals surface area contributed by atoms with E-state index in [0.717, 1.165) is 18.5 Å². The minimum atomic E-state index is 0.217. The van der Waals surface area contributed by atoms with Crippen LogP contribution in [-0.2, 0) is 0 Å². The molecule has 5 nitrogen and oxygen atoms in total. The highest BCUT2D eigenvalue weighted by Gasteiger charge is 2.18. The van der Waals surface area contributed by atoms with Gasteiger partial charge in [0.05, 0.1) is 0 Å². The molecule has 0 bridgehead atoms. The molecule has 1 aliphatic carbocycles. The number of nitrogens with zero attached hydrogens (tertiary/aromatic N) is 2. The van der Waals surface area contributed by atoms with Gasteiger partial charge in [0.1, 0.15) is 18.1 Å². The highest BCUT2D eigenvalue weighted by Crippen LogP contribution is 2.31. The van der Waals surface area contributed by atoms with E-state index in [0.29, 0.717) is 17.4 Å². The number of nitrogens with one attached hydrogen (secondary N) is 1. The zero-order chi connectivity index (χ0) is 16.2. The highest BCUT2D eigenvalue weighted by atomic mass is 16.5. The van der Waals surface area contributed by atoms with Crippen LogP contribution in [-0.4, -0.2) is 16.1 Å². The van der Waals surface area contributed by atoms with E-state index in [1.165, 1.54) is 36.7 Å². The first-order valence-electron chi connectivity index (χ1n) is 8.25. The summed E-state index contributed by atoms with van der Waals surface area (Å²) in [6, 6.07) is 6.12. The van der Waals surface area contributed by atoms with Crippen molar-refractivity contribution < 1.29 is 4.74 Å². The third-order valence-electron chi connectivity index (χ3n) is 4.54. The standard InChI is InChI=1S/C18H24N4O/c1-12-7-6-10-15(13(12)2)22-17-16(19)18(21-11-20-17)23-14-8-4-3-5-9-14/h6-7,10-11,14H,3-5,8-9,19H2,1-2H3,(H,20,21,22). The van der Waals surface area contributed by atoms with Crippen molar-refractivity contribution in [1.82, 2.24) is 9.97 Å². The molecule has 3 N–H and O–H groups in total. The Kier molecular flexibility index (Phi) is 4.65. The fraction of sp³-hybridized carbons (Fsp3) is 0.444. The van der Waals surface area contributed by atoms with Gasteiger partial charge < -0.3 is 15.8 Å². The van der Waals surface area contributed by atoms with Crippen molar-refractivity contribution in [3.05, 3.63) is 35.7 Å². The molecule has 1 fully saturated rings. The van der Waals surface area contributed by atoms with Crippen LogP contribution in [0.15, 0.2) is 24.5 Å². The third kappa shape index (κ3) is 3.55. The van der Waals surface area contributed by atoms with Crippen LogP contribution >= 0.6 is 0 Å². The summed E-state index contributed by atoms with van der Waals surface area (Å²) in [5, 5.41) is 3.30. The molecule has 0 aliphatic heterocycles. The maximum Gasteiger partial charge on any atom is 0.242 e. The third-order valence-corrected chi connectivity index (χ3v) is 4.54. The minimum absolute atomic E-state index is 0.217. The number of aromatic nitrogens is 2. The van der Waals surface area contributed by atoms with Crippen LogP contribution in [0.4, 0.5) is 17.2 Å². The molecular formula is C18H24N4O. The summed E-state index contributed by atoms with van der Waals surface area (Å²) in [7, 11) is 0. The van der Waals surface area contributed by atoms with E-state index in [9.17, 15) is 0 Å². The molecule has 5 heteroatoms. The molecule has 1 aromatic carbocycles. The summed E-state index contributed by atoms with van der Waals surface area (Å²) in [6.07, 6.45) is 7.58. The van der Waals surface area contributed by atoms with E-state index < -0.39 is 0 Å². The van der Waals surface area contributed by atoms with Gasteiger partial charge in [-0.3, -0.25) is 0 Å². The Morgan fingerprint density at radius 2 is 1.91 bits per heavy atom. The van der Waals surface area contributed by atoms with Crippen LogP contribution < -0.4 is 15.8 Å². The first-order chi connectivity index (χ1) is 11.1. The number of rotatable bonds is 4. The van der Waals surface area contributed by atoms with Gasteiger partial charge in [-0.2, -0.15) is 4.98 Å². The number of ether oxygens (including phenoxy) is 1. The summed E-state index contributed by atoms with van der Waals surface area (Å²) < 4.78 is 6.00. The topological polar surface area (TPSA) is 73.1 Å². The Hall–Kier alpha value is -2.30. The van der Waals surface area contributed by atoms with Crippen LogP contribution in [0, 0.1) is 13.8 Å². The zero-order valence-corrected chi connectivity index (χ0v) is 13.8. The fourth-order valence-electron chi connectivity index (χ4n) is 2.93. The molecule has 23 heavy (non-hydrogen) atoms. The summed E-state index contributed by atoms with van der Waals surface area (Å²) in [6.45, 7) is 4.16. The predicted octanol–water partition coefficient (Wildman–Crippen LogP) is 4.13. The first kappa shape index (κ1) is 15.6. The number of hydrogen-bond donors (Lipinski definition) is 2. The SMILES string of the molecule is Cc1cccc(Nc2ncnc(OC3CCCCC3)c2N)c1C. The summed E-state index contributed by atoms with van der Waals surface area (Å²) in [4.78, 5) is 8.49. The minimum Gasteiger partial charge on any atom is -0.473 e. The van der Waals surface area contributed by atoms with E-state index in [1.807, 2.05) is 12.1 Å². The lowest BCUT2D eigenvalue weighted by molar-refractivity contribution is 0.149. The Bertz CT molecular complexity index is 681. The number of nitrogen functional groups attached to an aromatic ring is 1. The van der Waals surface area contributed by atoms with Crippen molar-refractivity contribution in [1.29, 1.82) is 0 Å². The molecule has 1 saturated carbocycles. The van der Waals surface area contributed by atoms with Gasteiger partial charge in [0.2, 0.25) is 5.88 Å². The molecule has 0 radical (unpaired) electrons. The maximum absolute atomic E-state index is 6.22. The number of benzene rings is 1. The second-order valence-electron chi connectivity index (χ2n) is 6.19. The Morgan fingerprint density at radius 3 is 2.70 bits per heavy atom. The van der Waals surface area contributed by atoms with Crippen molar-refractivity contribution >= 4 is 17.2 Å². The van der Waals surface area contributed by atoms with E-state index in [2.05, 4.69) is 35.2 Å². The van der Waals surface area contributed by atoms with Crippen LogP contribution in [0.3, 0.4) is 0 Å². The molecule has 2 aromatic rings. The van der Waals surface area contributed by atoms with Crippen LogP contribution in [0.25, 0.3) is 0 Å². The van der Waals surface area contributed by atoms with Gasteiger partial charge in [-0.05, 0) is 56.7 Å². The molecule has 1 heterocycles. The lowest BCUT2D eigenvalue weighted by Gasteiger charge is -2.23. The quantitative estimate of drug-likeness (QED) is 0.888. The van der Waals surface area contributed by atoms with Gasteiger partial charge in [-0.15, -0.1) is 0 Å². The van der Waals surface area contributed by atoms with Crippen molar-refractivity contribution in [2.45, 2.75) is 52.1 Å². The molecule has 0 atom stereocenters. The molecule has 1 aromatic heterocycles. The lowest BCUT2D eigenvalue weighted by Crippen LogP contribution is -2.21. The smallest absolute Gasteiger partial charge is 0.242 e. The van der Waals surface area contributed by atoms with Crippen LogP contribution in [0.1, 0.15) is 43.2 Å². The van der Waals surface area contributed by atoms with Gasteiger partial charge in [0, 0.05) is 5.69 Å². The number of aryl methyl sites for hydroxylation is 1. The van der Waals surface area contributed by atoms with Crippen LogP contribution in [0.5, 0.6) is 5.88 Å². The molecule has 0 spiro atoms. The summed E-state index contributed by atoms with van der Waals surface area (Å²) in [5.41, 5.74) is 10.1. The van der Waals surface area contributed by atoms with Gasteiger partial charge in [0.15, 0.2) is 5.82 Å². The molecule has 122 valence electrons. The molecule has 0 amide bonds. The molecular weight excluding hydrogens is 288 g/mol. The van der Waals surface area contributed by atoms with Crippen molar-refractivity contribution in [3.63, 3.8) is 0 Å². The van der Waals surface area contributed by atoms with E-state index in [-0.39, 0.29) is 6.10 Å². The Balaban J connectivity index is 1.80. The molecule has 1 aliphatic rings. The number of hydrogen-bond acceptors (Lipinski definition) is 5. The lowest BCUT2D eigenvalue weighted by atomic mass is 9.98. The molecule has 0 saturated heterocycles. The normalized spacial score (nSPS) is 15.4. The van der Waals surface area contributed by atoms with Crippen molar-refractivity contribution in [3.8, 4) is 5.88 Å². The van der Waals surface area contributed by atoms with Crippen LogP contribution in [0.2, 0.25) is 0 Å². The largest absolute Gasteiger partial charge is 0.473 e. The average molecular weight is 312 g/mol. The van der Waals surface area contributed by atoms with Gasteiger partial charge in [0.25, 0.3) is 0 Å². The van der Waals surface area contributed by atoms with E-state index >= 15 is 0 Å². The van der Waals surface area contributed by atoms with Gasteiger partial charge in [-0.1, -0.05) is 18.6 Å². The van der Waals surface area contributed by atoms with Crippen molar-refractivity contribution in [2.24, 2.45) is 0 Å². The highest BCUT2D eigenvalue weighted by molar-refractivity contribution is 5.73. The van der Waals surface area contributed by atoms with Gasteiger partial charge in [-0.25, -0.2) is 4.98 Å². The van der Waals surface area contributed by atoms with Crippen molar-refractivity contribution in [2.75, 3.05) is 11.1 Å². The van der Waals surface area contributed by atoms with Gasteiger partial charge >= 0.3 is 0 Å². The van der Waals surface area contributed by atoms with E-state index in [4.69, 9.17) is 10.5 Å². The van der Waals surface area contributed by atoms with E-state index in [1.54, 1.807) is 0 Å². The monoisotopic (exact) mass is 312 g/mol. The first-order valence-corrected chi connectivity index (χ1v) is 8.25. The molecule has 0 unspecified atom stereocenters. The number of anilines is 3.